The Morgan fingerprint density at radius 2 is 2.18 bits per heavy atom. The van der Waals surface area contributed by atoms with Gasteiger partial charge in [-0.1, -0.05) is 13.8 Å². The van der Waals surface area contributed by atoms with Crippen LogP contribution in [0.5, 0.6) is 0 Å². The molecule has 0 aliphatic carbocycles. The minimum atomic E-state index is -1.06. The molecule has 6 heteroatoms. The standard InChI is InChI=1S/C16H22N2O4/c1-16(2,13-5-3-4-8-22-13)10-18-14(19)12-7-6-11(9-17-12)15(20)21/h6-7,9,13H,3-5,8,10H2,1-2H3,(H,18,19)(H,20,21). The van der Waals surface area contributed by atoms with Crippen LogP contribution in [0, 0.1) is 5.41 Å². The molecule has 0 spiro atoms. The molecule has 0 bridgehead atoms. The summed E-state index contributed by atoms with van der Waals surface area (Å²) in [6.45, 7) is 5.41. The summed E-state index contributed by atoms with van der Waals surface area (Å²) in [7, 11) is 0. The number of ether oxygens (including phenoxy) is 1. The van der Waals surface area contributed by atoms with Crippen LogP contribution in [0.25, 0.3) is 0 Å². The number of aromatic carboxylic acids is 1. The average molecular weight is 306 g/mol. The third kappa shape index (κ3) is 4.04. The average Bonchev–Trinajstić information content (AvgIpc) is 2.53. The van der Waals surface area contributed by atoms with Crippen molar-refractivity contribution in [2.75, 3.05) is 13.2 Å². The Kier molecular flexibility index (Phi) is 5.13. The molecule has 6 nitrogen and oxygen atoms in total. The second kappa shape index (κ2) is 6.87. The molecule has 1 saturated heterocycles. The highest BCUT2D eigenvalue weighted by atomic mass is 16.5. The van der Waals surface area contributed by atoms with E-state index >= 15 is 0 Å². The zero-order valence-corrected chi connectivity index (χ0v) is 13.0. The number of hydrogen-bond acceptors (Lipinski definition) is 4. The highest BCUT2D eigenvalue weighted by Crippen LogP contribution is 2.29. The maximum atomic E-state index is 12.1. The van der Waals surface area contributed by atoms with Gasteiger partial charge in [0.2, 0.25) is 0 Å². The number of carboxylic acids is 1. The molecular weight excluding hydrogens is 284 g/mol. The number of carbonyl (C=O) groups excluding carboxylic acids is 1. The number of carboxylic acid groups (broad SMARTS) is 1. The molecule has 2 heterocycles. The zero-order valence-electron chi connectivity index (χ0n) is 13.0. The lowest BCUT2D eigenvalue weighted by Crippen LogP contribution is -2.44. The van der Waals surface area contributed by atoms with Crippen LogP contribution >= 0.6 is 0 Å². The predicted octanol–water partition coefficient (Wildman–Crippen LogP) is 2.10. The molecule has 0 saturated carbocycles. The fourth-order valence-electron chi connectivity index (χ4n) is 2.52. The second-order valence-corrected chi connectivity index (χ2v) is 6.26. The van der Waals surface area contributed by atoms with E-state index in [1.54, 1.807) is 0 Å². The van der Waals surface area contributed by atoms with Gasteiger partial charge in [0.25, 0.3) is 5.91 Å². The van der Waals surface area contributed by atoms with Crippen LogP contribution in [0.3, 0.4) is 0 Å². The first kappa shape index (κ1) is 16.4. The van der Waals surface area contributed by atoms with Crippen molar-refractivity contribution >= 4 is 11.9 Å². The number of nitrogens with zero attached hydrogens (tertiary/aromatic N) is 1. The van der Waals surface area contributed by atoms with E-state index in [-0.39, 0.29) is 28.7 Å². The summed E-state index contributed by atoms with van der Waals surface area (Å²) in [4.78, 5) is 26.7. The Hall–Kier alpha value is -1.95. The number of rotatable bonds is 5. The van der Waals surface area contributed by atoms with Crippen molar-refractivity contribution in [3.63, 3.8) is 0 Å². The Labute approximate surface area is 129 Å². The van der Waals surface area contributed by atoms with Crippen LogP contribution in [0.4, 0.5) is 0 Å². The third-order valence-electron chi connectivity index (χ3n) is 4.00. The largest absolute Gasteiger partial charge is 0.478 e. The molecule has 2 rings (SSSR count). The van der Waals surface area contributed by atoms with E-state index in [1.165, 1.54) is 18.3 Å². The molecule has 0 aromatic carbocycles. The fraction of sp³-hybridized carbons (Fsp3) is 0.562. The molecule has 120 valence electrons. The number of hydrogen-bond donors (Lipinski definition) is 2. The lowest BCUT2D eigenvalue weighted by Gasteiger charge is -2.36. The van der Waals surface area contributed by atoms with Crippen LogP contribution in [0.15, 0.2) is 18.3 Å². The number of nitrogens with one attached hydrogen (secondary N) is 1. The summed E-state index contributed by atoms with van der Waals surface area (Å²) in [6, 6.07) is 2.79. The third-order valence-corrected chi connectivity index (χ3v) is 4.00. The van der Waals surface area contributed by atoms with Crippen LogP contribution in [-0.4, -0.2) is 41.2 Å². The minimum absolute atomic E-state index is 0.0625. The van der Waals surface area contributed by atoms with Gasteiger partial charge in [-0.3, -0.25) is 9.78 Å². The maximum Gasteiger partial charge on any atom is 0.337 e. The molecule has 22 heavy (non-hydrogen) atoms. The monoisotopic (exact) mass is 306 g/mol. The molecule has 1 aromatic rings. The number of pyridine rings is 1. The van der Waals surface area contributed by atoms with Gasteiger partial charge in [0.05, 0.1) is 11.7 Å². The van der Waals surface area contributed by atoms with E-state index in [4.69, 9.17) is 9.84 Å². The molecule has 0 radical (unpaired) electrons. The van der Waals surface area contributed by atoms with E-state index in [2.05, 4.69) is 24.1 Å². The Balaban J connectivity index is 1.92. The van der Waals surface area contributed by atoms with Gasteiger partial charge >= 0.3 is 5.97 Å². The van der Waals surface area contributed by atoms with Crippen molar-refractivity contribution in [3.05, 3.63) is 29.6 Å². The number of amides is 1. The Morgan fingerprint density at radius 1 is 1.41 bits per heavy atom. The van der Waals surface area contributed by atoms with Crippen LogP contribution in [0.2, 0.25) is 0 Å². The highest BCUT2D eigenvalue weighted by molar-refractivity contribution is 5.93. The molecule has 1 aromatic heterocycles. The van der Waals surface area contributed by atoms with Crippen molar-refractivity contribution < 1.29 is 19.4 Å². The van der Waals surface area contributed by atoms with Crippen molar-refractivity contribution in [1.82, 2.24) is 10.3 Å². The quantitative estimate of drug-likeness (QED) is 0.869. The smallest absolute Gasteiger partial charge is 0.337 e. The predicted molar refractivity (Wildman–Crippen MR) is 80.9 cm³/mol. The van der Waals surface area contributed by atoms with Crippen LogP contribution in [-0.2, 0) is 4.74 Å². The van der Waals surface area contributed by atoms with E-state index in [9.17, 15) is 9.59 Å². The van der Waals surface area contributed by atoms with E-state index in [1.807, 2.05) is 0 Å². The highest BCUT2D eigenvalue weighted by Gasteiger charge is 2.32. The molecule has 1 aliphatic rings. The van der Waals surface area contributed by atoms with Crippen molar-refractivity contribution in [2.45, 2.75) is 39.2 Å². The van der Waals surface area contributed by atoms with E-state index < -0.39 is 5.97 Å². The first-order valence-corrected chi connectivity index (χ1v) is 7.49. The second-order valence-electron chi connectivity index (χ2n) is 6.26. The molecule has 1 atom stereocenters. The SMILES string of the molecule is CC(C)(CNC(=O)c1ccc(C(=O)O)cn1)C1CCCCO1. The molecule has 1 aliphatic heterocycles. The van der Waals surface area contributed by atoms with Gasteiger partial charge in [0.1, 0.15) is 5.69 Å². The van der Waals surface area contributed by atoms with Crippen molar-refractivity contribution in [1.29, 1.82) is 0 Å². The number of aromatic nitrogens is 1. The lowest BCUT2D eigenvalue weighted by atomic mass is 9.82. The minimum Gasteiger partial charge on any atom is -0.478 e. The Bertz CT molecular complexity index is 534. The number of carbonyl (C=O) groups is 2. The Morgan fingerprint density at radius 3 is 2.73 bits per heavy atom. The summed E-state index contributed by atoms with van der Waals surface area (Å²) in [6.07, 6.45) is 4.59. The van der Waals surface area contributed by atoms with E-state index in [0.29, 0.717) is 6.54 Å². The van der Waals surface area contributed by atoms with Gasteiger partial charge in [0, 0.05) is 24.8 Å². The molecule has 1 fully saturated rings. The maximum absolute atomic E-state index is 12.1. The fourth-order valence-corrected chi connectivity index (χ4v) is 2.52. The van der Waals surface area contributed by atoms with Crippen molar-refractivity contribution in [2.24, 2.45) is 5.41 Å². The molecular formula is C16H22N2O4. The summed E-state index contributed by atoms with van der Waals surface area (Å²) in [5, 5.41) is 11.7. The normalized spacial score (nSPS) is 18.7. The van der Waals surface area contributed by atoms with Gasteiger partial charge < -0.3 is 15.2 Å². The van der Waals surface area contributed by atoms with Gasteiger partial charge in [-0.2, -0.15) is 0 Å². The molecule has 1 unspecified atom stereocenters. The van der Waals surface area contributed by atoms with Crippen LogP contribution < -0.4 is 5.32 Å². The van der Waals surface area contributed by atoms with Crippen molar-refractivity contribution in [3.8, 4) is 0 Å². The molecule has 2 N–H and O–H groups in total. The topological polar surface area (TPSA) is 88.5 Å². The summed E-state index contributed by atoms with van der Waals surface area (Å²) in [5.41, 5.74) is 0.120. The first-order chi connectivity index (χ1) is 10.4. The summed E-state index contributed by atoms with van der Waals surface area (Å²) < 4.78 is 5.79. The first-order valence-electron chi connectivity index (χ1n) is 7.49. The van der Waals surface area contributed by atoms with Gasteiger partial charge in [0.15, 0.2) is 0 Å². The van der Waals surface area contributed by atoms with Gasteiger partial charge in [-0.15, -0.1) is 0 Å². The van der Waals surface area contributed by atoms with E-state index in [0.717, 1.165) is 25.9 Å². The summed E-state index contributed by atoms with van der Waals surface area (Å²) >= 11 is 0. The lowest BCUT2D eigenvalue weighted by molar-refractivity contribution is -0.0531. The van der Waals surface area contributed by atoms with Gasteiger partial charge in [-0.05, 0) is 31.4 Å². The van der Waals surface area contributed by atoms with Gasteiger partial charge in [-0.25, -0.2) is 4.79 Å². The summed E-state index contributed by atoms with van der Waals surface area (Å²) in [5.74, 6) is -1.36. The molecule has 1 amide bonds. The van der Waals surface area contributed by atoms with Crippen LogP contribution in [0.1, 0.15) is 54.0 Å². The zero-order chi connectivity index (χ0) is 16.2.